The maximum atomic E-state index is 12.4. The summed E-state index contributed by atoms with van der Waals surface area (Å²) in [7, 11) is 1.80. The number of carbonyl (C=O) groups excluding carboxylic acids is 1. The fourth-order valence-corrected chi connectivity index (χ4v) is 3.30. The minimum absolute atomic E-state index is 0.0173. The Morgan fingerprint density at radius 2 is 1.80 bits per heavy atom. The van der Waals surface area contributed by atoms with E-state index >= 15 is 0 Å². The van der Waals surface area contributed by atoms with E-state index in [4.69, 9.17) is 11.6 Å². The maximum absolute atomic E-state index is 12.4. The molecular formula is C16H12ClNOS. The van der Waals surface area contributed by atoms with Crippen LogP contribution < -0.4 is 4.90 Å². The van der Waals surface area contributed by atoms with Gasteiger partial charge in [-0.2, -0.15) is 0 Å². The molecule has 1 aliphatic heterocycles. The van der Waals surface area contributed by atoms with E-state index in [0.29, 0.717) is 9.93 Å². The van der Waals surface area contributed by atoms with Crippen LogP contribution in [-0.2, 0) is 4.79 Å². The molecule has 2 nitrogen and oxygen atoms in total. The van der Waals surface area contributed by atoms with Gasteiger partial charge in [0.15, 0.2) is 0 Å². The monoisotopic (exact) mass is 301 g/mol. The normalized spacial score (nSPS) is 16.4. The number of anilines is 1. The Bertz CT molecular complexity index is 694. The minimum Gasteiger partial charge on any atom is -0.310 e. The highest BCUT2D eigenvalue weighted by Crippen LogP contribution is 2.41. The molecule has 100 valence electrons. The zero-order valence-electron chi connectivity index (χ0n) is 10.8. The number of benzene rings is 2. The smallest absolute Gasteiger partial charge is 0.264 e. The Hall–Kier alpha value is -1.71. The Labute approximate surface area is 127 Å². The van der Waals surface area contributed by atoms with E-state index in [-0.39, 0.29) is 5.91 Å². The molecule has 0 spiro atoms. The predicted octanol–water partition coefficient (Wildman–Crippen LogP) is 4.45. The van der Waals surface area contributed by atoms with Gasteiger partial charge in [0, 0.05) is 17.0 Å². The van der Waals surface area contributed by atoms with Crippen molar-refractivity contribution in [1.82, 2.24) is 0 Å². The summed E-state index contributed by atoms with van der Waals surface area (Å²) in [5.41, 5.74) is 1.92. The zero-order chi connectivity index (χ0) is 14.1. The highest BCUT2D eigenvalue weighted by atomic mass is 35.5. The fraction of sp³-hybridized carbons (Fsp3) is 0.0625. The molecule has 0 fully saturated rings. The third kappa shape index (κ3) is 2.47. The van der Waals surface area contributed by atoms with Crippen LogP contribution in [0.2, 0.25) is 5.02 Å². The minimum atomic E-state index is 0.0173. The van der Waals surface area contributed by atoms with E-state index in [2.05, 4.69) is 0 Å². The fourth-order valence-electron chi connectivity index (χ4n) is 2.06. The molecule has 4 heteroatoms. The first-order valence-electron chi connectivity index (χ1n) is 6.17. The highest BCUT2D eigenvalue weighted by Gasteiger charge is 2.25. The first-order valence-corrected chi connectivity index (χ1v) is 7.37. The van der Waals surface area contributed by atoms with Gasteiger partial charge in [-0.25, -0.2) is 0 Å². The summed E-state index contributed by atoms with van der Waals surface area (Å²) in [5, 5.41) is 0.692. The summed E-state index contributed by atoms with van der Waals surface area (Å²) in [4.78, 5) is 15.9. The van der Waals surface area contributed by atoms with Gasteiger partial charge in [-0.05, 0) is 35.9 Å². The quantitative estimate of drug-likeness (QED) is 0.725. The van der Waals surface area contributed by atoms with Crippen molar-refractivity contribution in [2.75, 3.05) is 11.9 Å². The molecule has 0 saturated carbocycles. The number of rotatable bonds is 1. The summed E-state index contributed by atoms with van der Waals surface area (Å²) in [6.45, 7) is 0. The predicted molar refractivity (Wildman–Crippen MR) is 85.1 cm³/mol. The average molecular weight is 302 g/mol. The Morgan fingerprint density at radius 3 is 2.55 bits per heavy atom. The molecule has 0 aliphatic carbocycles. The Balaban J connectivity index is 2.00. The number of likely N-dealkylation sites (N-methyl/N-ethyl adjacent to an activating group) is 1. The topological polar surface area (TPSA) is 20.3 Å². The van der Waals surface area contributed by atoms with Gasteiger partial charge in [0.1, 0.15) is 0 Å². The van der Waals surface area contributed by atoms with E-state index in [1.807, 2.05) is 54.6 Å². The standard InChI is InChI=1S/C16H12ClNOS/c1-18-13-4-2-3-5-14(13)20-15(16(18)19)10-11-6-8-12(17)9-7-11/h2-10H,1H3/b15-10-. The number of para-hydroxylation sites is 1. The number of halogens is 1. The molecule has 0 atom stereocenters. The Morgan fingerprint density at radius 1 is 1.10 bits per heavy atom. The molecule has 0 unspecified atom stereocenters. The average Bonchev–Trinajstić information content (AvgIpc) is 2.47. The van der Waals surface area contributed by atoms with E-state index in [1.54, 1.807) is 11.9 Å². The molecule has 0 N–H and O–H groups in total. The summed E-state index contributed by atoms with van der Waals surface area (Å²) in [6, 6.07) is 15.4. The largest absolute Gasteiger partial charge is 0.310 e. The second-order valence-corrected chi connectivity index (χ2v) is 6.01. The van der Waals surface area contributed by atoms with E-state index in [0.717, 1.165) is 16.1 Å². The maximum Gasteiger partial charge on any atom is 0.264 e. The molecule has 0 bridgehead atoms. The first-order chi connectivity index (χ1) is 9.65. The van der Waals surface area contributed by atoms with Crippen LogP contribution in [0.25, 0.3) is 6.08 Å². The van der Waals surface area contributed by atoms with Crippen molar-refractivity contribution < 1.29 is 4.79 Å². The lowest BCUT2D eigenvalue weighted by Crippen LogP contribution is -2.29. The van der Waals surface area contributed by atoms with E-state index < -0.39 is 0 Å². The number of fused-ring (bicyclic) bond motifs is 1. The van der Waals surface area contributed by atoms with Crippen molar-refractivity contribution >= 4 is 41.0 Å². The third-order valence-electron chi connectivity index (χ3n) is 3.13. The summed E-state index contributed by atoms with van der Waals surface area (Å²) >= 11 is 7.38. The van der Waals surface area contributed by atoms with Crippen LogP contribution in [0.3, 0.4) is 0 Å². The van der Waals surface area contributed by atoms with Crippen LogP contribution in [0.5, 0.6) is 0 Å². The number of thioether (sulfide) groups is 1. The molecule has 2 aromatic carbocycles. The zero-order valence-corrected chi connectivity index (χ0v) is 12.4. The SMILES string of the molecule is CN1C(=O)/C(=C/c2ccc(Cl)cc2)Sc2ccccc21. The van der Waals surface area contributed by atoms with Gasteiger partial charge in [-0.3, -0.25) is 4.79 Å². The third-order valence-corrected chi connectivity index (χ3v) is 4.46. The Kier molecular flexibility index (Phi) is 3.55. The molecule has 1 amide bonds. The van der Waals surface area contributed by atoms with Gasteiger partial charge >= 0.3 is 0 Å². The van der Waals surface area contributed by atoms with Crippen molar-refractivity contribution in [3.8, 4) is 0 Å². The molecule has 0 aromatic heterocycles. The van der Waals surface area contributed by atoms with Gasteiger partial charge in [-0.15, -0.1) is 0 Å². The molecule has 1 heterocycles. The molecule has 3 rings (SSSR count). The highest BCUT2D eigenvalue weighted by molar-refractivity contribution is 8.04. The van der Waals surface area contributed by atoms with Crippen LogP contribution in [0.1, 0.15) is 5.56 Å². The summed E-state index contributed by atoms with van der Waals surface area (Å²) < 4.78 is 0. The van der Waals surface area contributed by atoms with E-state index in [9.17, 15) is 4.79 Å². The number of hydrogen-bond acceptors (Lipinski definition) is 2. The lowest BCUT2D eigenvalue weighted by atomic mass is 10.2. The molecular weight excluding hydrogens is 290 g/mol. The van der Waals surface area contributed by atoms with Crippen molar-refractivity contribution in [2.45, 2.75) is 4.90 Å². The van der Waals surface area contributed by atoms with Crippen LogP contribution in [0.15, 0.2) is 58.3 Å². The van der Waals surface area contributed by atoms with Gasteiger partial charge in [0.05, 0.1) is 10.6 Å². The summed E-state index contributed by atoms with van der Waals surface area (Å²) in [6.07, 6.45) is 1.90. The van der Waals surface area contributed by atoms with Crippen LogP contribution in [0, 0.1) is 0 Å². The second kappa shape index (κ2) is 5.35. The van der Waals surface area contributed by atoms with Gasteiger partial charge < -0.3 is 4.90 Å². The van der Waals surface area contributed by atoms with Gasteiger partial charge in [0.25, 0.3) is 5.91 Å². The molecule has 0 saturated heterocycles. The first kappa shape index (κ1) is 13.3. The van der Waals surface area contributed by atoms with Crippen molar-refractivity contribution in [1.29, 1.82) is 0 Å². The second-order valence-electron chi connectivity index (χ2n) is 4.49. The number of amides is 1. The lowest BCUT2D eigenvalue weighted by molar-refractivity contribution is -0.114. The summed E-state index contributed by atoms with van der Waals surface area (Å²) in [5.74, 6) is 0.0173. The number of hydrogen-bond donors (Lipinski definition) is 0. The molecule has 2 aromatic rings. The van der Waals surface area contributed by atoms with Crippen molar-refractivity contribution in [3.05, 3.63) is 64.0 Å². The lowest BCUT2D eigenvalue weighted by Gasteiger charge is -2.26. The van der Waals surface area contributed by atoms with Gasteiger partial charge in [0.2, 0.25) is 0 Å². The number of carbonyl (C=O) groups is 1. The molecule has 20 heavy (non-hydrogen) atoms. The van der Waals surface area contributed by atoms with Crippen molar-refractivity contribution in [2.24, 2.45) is 0 Å². The van der Waals surface area contributed by atoms with Gasteiger partial charge in [-0.1, -0.05) is 47.6 Å². The van der Waals surface area contributed by atoms with Crippen LogP contribution in [0.4, 0.5) is 5.69 Å². The van der Waals surface area contributed by atoms with Crippen LogP contribution in [-0.4, -0.2) is 13.0 Å². The number of nitrogens with zero attached hydrogens (tertiary/aromatic N) is 1. The van der Waals surface area contributed by atoms with Crippen molar-refractivity contribution in [3.63, 3.8) is 0 Å². The van der Waals surface area contributed by atoms with Crippen LogP contribution >= 0.6 is 23.4 Å². The molecule has 1 aliphatic rings. The van der Waals surface area contributed by atoms with E-state index in [1.165, 1.54) is 11.8 Å². The molecule has 0 radical (unpaired) electrons.